The van der Waals surface area contributed by atoms with Crippen molar-refractivity contribution in [3.05, 3.63) is 46.3 Å². The Kier molecular flexibility index (Phi) is 4.31. The van der Waals surface area contributed by atoms with Gasteiger partial charge in [0.2, 0.25) is 5.89 Å². The first-order valence-corrected chi connectivity index (χ1v) is 7.34. The second-order valence-corrected chi connectivity index (χ2v) is 6.25. The molecule has 0 saturated heterocycles. The molecule has 0 spiro atoms. The molecule has 102 valence electrons. The summed E-state index contributed by atoms with van der Waals surface area (Å²) in [5, 5.41) is 3.53. The lowest BCUT2D eigenvalue weighted by Crippen LogP contribution is -2.06. The zero-order chi connectivity index (χ0) is 14.0. The Labute approximate surface area is 117 Å². The van der Waals surface area contributed by atoms with Crippen LogP contribution in [0.5, 0.6) is 0 Å². The fourth-order valence-electron chi connectivity index (χ4n) is 1.51. The molecule has 0 radical (unpaired) electrons. The van der Waals surface area contributed by atoms with Gasteiger partial charge in [-0.1, -0.05) is 22.8 Å². The summed E-state index contributed by atoms with van der Waals surface area (Å²) in [6, 6.07) is 4.02. The molecular formula is C12H12ClFN2O2S. The fourth-order valence-corrected chi connectivity index (χ4v) is 2.95. The third-order valence-electron chi connectivity index (χ3n) is 2.60. The molecule has 0 aliphatic rings. The van der Waals surface area contributed by atoms with E-state index in [9.17, 15) is 8.60 Å². The lowest BCUT2D eigenvalue weighted by Gasteiger charge is -2.08. The topological polar surface area (TPSA) is 56.0 Å². The van der Waals surface area contributed by atoms with Crippen molar-refractivity contribution in [3.8, 4) is 0 Å². The second-order valence-electron chi connectivity index (χ2n) is 4.08. The molecule has 0 aliphatic carbocycles. The van der Waals surface area contributed by atoms with Crippen molar-refractivity contribution in [2.24, 2.45) is 0 Å². The average Bonchev–Trinajstić information content (AvgIpc) is 2.78. The maximum atomic E-state index is 12.9. The first-order valence-electron chi connectivity index (χ1n) is 5.58. The van der Waals surface area contributed by atoms with E-state index in [0.717, 1.165) is 0 Å². The molecular weight excluding hydrogens is 291 g/mol. The van der Waals surface area contributed by atoms with E-state index in [0.29, 0.717) is 17.3 Å². The van der Waals surface area contributed by atoms with Crippen LogP contribution in [0.4, 0.5) is 4.39 Å². The van der Waals surface area contributed by atoms with E-state index in [4.69, 9.17) is 16.1 Å². The molecule has 2 atom stereocenters. The Morgan fingerprint density at radius 3 is 2.84 bits per heavy atom. The molecule has 0 unspecified atom stereocenters. The van der Waals surface area contributed by atoms with E-state index >= 15 is 0 Å². The van der Waals surface area contributed by atoms with Crippen molar-refractivity contribution in [1.82, 2.24) is 10.1 Å². The molecule has 0 N–H and O–H groups in total. The number of halogens is 2. The first kappa shape index (κ1) is 14.1. The maximum absolute atomic E-state index is 12.9. The van der Waals surface area contributed by atoms with Crippen LogP contribution in [0, 0.1) is 12.7 Å². The highest BCUT2D eigenvalue weighted by Crippen LogP contribution is 2.24. The highest BCUT2D eigenvalue weighted by Gasteiger charge is 2.20. The van der Waals surface area contributed by atoms with Gasteiger partial charge in [-0.25, -0.2) is 4.39 Å². The van der Waals surface area contributed by atoms with Gasteiger partial charge >= 0.3 is 0 Å². The van der Waals surface area contributed by atoms with Crippen LogP contribution in [0.3, 0.4) is 0 Å². The Bertz CT molecular complexity index is 618. The van der Waals surface area contributed by atoms with Crippen molar-refractivity contribution in [2.75, 3.05) is 0 Å². The zero-order valence-electron chi connectivity index (χ0n) is 10.4. The number of hydrogen-bond acceptors (Lipinski definition) is 4. The van der Waals surface area contributed by atoms with Gasteiger partial charge in [-0.15, -0.1) is 0 Å². The van der Waals surface area contributed by atoms with Gasteiger partial charge in [0.15, 0.2) is 5.82 Å². The van der Waals surface area contributed by atoms with Crippen LogP contribution in [0.2, 0.25) is 5.02 Å². The third-order valence-corrected chi connectivity index (χ3v) is 4.54. The number of hydrogen-bond donors (Lipinski definition) is 0. The predicted octanol–water partition coefficient (Wildman–Crippen LogP) is 3.18. The summed E-state index contributed by atoms with van der Waals surface area (Å²) >= 11 is 5.90. The Morgan fingerprint density at radius 2 is 2.26 bits per heavy atom. The molecule has 1 aromatic heterocycles. The molecule has 19 heavy (non-hydrogen) atoms. The highest BCUT2D eigenvalue weighted by atomic mass is 35.5. The SMILES string of the molecule is Cc1noc([C@@H](C)[S@](=O)Cc2ccc(F)cc2Cl)n1. The molecule has 2 aromatic rings. The van der Waals surface area contributed by atoms with Crippen LogP contribution >= 0.6 is 11.6 Å². The minimum atomic E-state index is -1.27. The van der Waals surface area contributed by atoms with Gasteiger partial charge in [0.05, 0.1) is 5.75 Å². The van der Waals surface area contributed by atoms with Crippen LogP contribution in [-0.2, 0) is 16.6 Å². The van der Waals surface area contributed by atoms with E-state index in [1.807, 2.05) is 0 Å². The van der Waals surface area contributed by atoms with Crippen LogP contribution in [0.1, 0.15) is 29.5 Å². The molecule has 0 bridgehead atoms. The van der Waals surface area contributed by atoms with E-state index in [-0.39, 0.29) is 10.8 Å². The Morgan fingerprint density at radius 1 is 1.53 bits per heavy atom. The summed E-state index contributed by atoms with van der Waals surface area (Å²) in [6.45, 7) is 3.43. The summed E-state index contributed by atoms with van der Waals surface area (Å²) in [5.74, 6) is 0.620. The van der Waals surface area contributed by atoms with Gasteiger partial charge in [0, 0.05) is 15.8 Å². The van der Waals surface area contributed by atoms with Crippen LogP contribution in [-0.4, -0.2) is 14.3 Å². The van der Waals surface area contributed by atoms with Gasteiger partial charge < -0.3 is 4.52 Å². The molecule has 4 nitrogen and oxygen atoms in total. The van der Waals surface area contributed by atoms with Crippen LogP contribution in [0.15, 0.2) is 22.7 Å². The number of nitrogens with zero attached hydrogens (tertiary/aromatic N) is 2. The standard InChI is InChI=1S/C12H12ClFN2O2S/c1-7(12-15-8(2)16-18-12)19(17)6-9-3-4-10(14)5-11(9)13/h3-5,7H,6H2,1-2H3/t7-,19-/m1/s1. The van der Waals surface area contributed by atoms with Crippen LogP contribution < -0.4 is 0 Å². The van der Waals surface area contributed by atoms with Crippen molar-refractivity contribution in [2.45, 2.75) is 24.9 Å². The number of aryl methyl sites for hydroxylation is 1. The first-order chi connectivity index (χ1) is 8.97. The largest absolute Gasteiger partial charge is 0.338 e. The average molecular weight is 303 g/mol. The maximum Gasteiger partial charge on any atom is 0.242 e. The zero-order valence-corrected chi connectivity index (χ0v) is 12.0. The molecule has 1 aromatic carbocycles. The van der Waals surface area contributed by atoms with E-state index < -0.39 is 21.9 Å². The fraction of sp³-hybridized carbons (Fsp3) is 0.333. The van der Waals surface area contributed by atoms with E-state index in [2.05, 4.69) is 10.1 Å². The van der Waals surface area contributed by atoms with Crippen molar-refractivity contribution in [1.29, 1.82) is 0 Å². The normalized spacial score (nSPS) is 14.3. The second kappa shape index (κ2) is 5.79. The van der Waals surface area contributed by atoms with Gasteiger partial charge in [-0.2, -0.15) is 4.98 Å². The molecule has 2 rings (SSSR count). The van der Waals surface area contributed by atoms with Gasteiger partial charge in [0.1, 0.15) is 11.1 Å². The van der Waals surface area contributed by atoms with Crippen molar-refractivity contribution in [3.63, 3.8) is 0 Å². The van der Waals surface area contributed by atoms with Crippen molar-refractivity contribution < 1.29 is 13.1 Å². The number of benzene rings is 1. The Balaban J connectivity index is 2.12. The molecule has 1 heterocycles. The minimum absolute atomic E-state index is 0.210. The van der Waals surface area contributed by atoms with Gasteiger partial charge in [-0.3, -0.25) is 4.21 Å². The van der Waals surface area contributed by atoms with Gasteiger partial charge in [-0.05, 0) is 31.5 Å². The number of aromatic nitrogens is 2. The summed E-state index contributed by atoms with van der Waals surface area (Å²) in [7, 11) is -1.27. The quantitative estimate of drug-likeness (QED) is 0.870. The smallest absolute Gasteiger partial charge is 0.242 e. The monoisotopic (exact) mass is 302 g/mol. The lowest BCUT2D eigenvalue weighted by atomic mass is 10.2. The van der Waals surface area contributed by atoms with Crippen LogP contribution in [0.25, 0.3) is 0 Å². The molecule has 0 saturated carbocycles. The summed E-state index contributed by atoms with van der Waals surface area (Å²) in [5.41, 5.74) is 0.629. The summed E-state index contributed by atoms with van der Waals surface area (Å²) < 4.78 is 30.1. The Hall–Kier alpha value is -1.27. The molecule has 7 heteroatoms. The summed E-state index contributed by atoms with van der Waals surface area (Å²) in [6.07, 6.45) is 0. The molecule has 0 aliphatic heterocycles. The van der Waals surface area contributed by atoms with E-state index in [1.165, 1.54) is 18.2 Å². The van der Waals surface area contributed by atoms with E-state index in [1.54, 1.807) is 13.8 Å². The van der Waals surface area contributed by atoms with Gasteiger partial charge in [0.25, 0.3) is 0 Å². The minimum Gasteiger partial charge on any atom is -0.338 e. The lowest BCUT2D eigenvalue weighted by molar-refractivity contribution is 0.375. The highest BCUT2D eigenvalue weighted by molar-refractivity contribution is 7.84. The van der Waals surface area contributed by atoms with Crippen molar-refractivity contribution >= 4 is 22.4 Å². The summed E-state index contributed by atoms with van der Waals surface area (Å²) in [4.78, 5) is 4.05. The number of rotatable bonds is 4. The third kappa shape index (κ3) is 3.39. The predicted molar refractivity (Wildman–Crippen MR) is 70.7 cm³/mol. The molecule has 0 fully saturated rings. The molecule has 0 amide bonds.